The van der Waals surface area contributed by atoms with Crippen LogP contribution in [0.25, 0.3) is 0 Å². The standard InChI is InChI=1S/C21H27N5O3S/c27-21(22-13-20-24-23-14-26(20)18-5-6-18)16-8-10-25(11-9-16)30(28,29)19-7-4-15-2-1-3-17(15)12-19/h4,7,12,14,16,18H,1-3,5-6,8-11,13H2,(H,22,27). The zero-order chi connectivity index (χ0) is 20.7. The molecular formula is C21H27N5O3S. The van der Waals surface area contributed by atoms with E-state index < -0.39 is 10.0 Å². The van der Waals surface area contributed by atoms with Crippen molar-refractivity contribution in [3.8, 4) is 0 Å². The maximum atomic E-state index is 13.1. The van der Waals surface area contributed by atoms with Gasteiger partial charge in [-0.1, -0.05) is 6.07 Å². The number of piperidine rings is 1. The molecule has 3 aliphatic rings. The minimum Gasteiger partial charge on any atom is -0.349 e. The van der Waals surface area contributed by atoms with Crippen LogP contribution in [0.1, 0.15) is 55.1 Å². The molecule has 2 fully saturated rings. The van der Waals surface area contributed by atoms with Crippen molar-refractivity contribution in [2.75, 3.05) is 13.1 Å². The lowest BCUT2D eigenvalue weighted by Crippen LogP contribution is -2.43. The lowest BCUT2D eigenvalue weighted by atomic mass is 9.97. The number of sulfonamides is 1. The van der Waals surface area contributed by atoms with E-state index in [4.69, 9.17) is 0 Å². The van der Waals surface area contributed by atoms with Crippen LogP contribution in [-0.4, -0.2) is 46.5 Å². The van der Waals surface area contributed by atoms with Gasteiger partial charge in [0.2, 0.25) is 15.9 Å². The number of fused-ring (bicyclic) bond motifs is 1. The number of nitrogens with zero attached hydrogens (tertiary/aromatic N) is 4. The Morgan fingerprint density at radius 1 is 1.10 bits per heavy atom. The lowest BCUT2D eigenvalue weighted by Gasteiger charge is -2.30. The summed E-state index contributed by atoms with van der Waals surface area (Å²) in [5.41, 5.74) is 2.42. The summed E-state index contributed by atoms with van der Waals surface area (Å²) in [5.74, 6) is 0.575. The van der Waals surface area contributed by atoms with Crippen molar-refractivity contribution >= 4 is 15.9 Å². The van der Waals surface area contributed by atoms with E-state index in [0.717, 1.165) is 43.5 Å². The summed E-state index contributed by atoms with van der Waals surface area (Å²) in [4.78, 5) is 13.0. The Morgan fingerprint density at radius 3 is 2.63 bits per heavy atom. The van der Waals surface area contributed by atoms with Crippen LogP contribution in [-0.2, 0) is 34.2 Å². The molecule has 1 N–H and O–H groups in total. The normalized spacial score (nSPS) is 20.3. The van der Waals surface area contributed by atoms with Gasteiger partial charge in [-0.15, -0.1) is 10.2 Å². The van der Waals surface area contributed by atoms with Crippen LogP contribution in [0.2, 0.25) is 0 Å². The van der Waals surface area contributed by atoms with Gasteiger partial charge >= 0.3 is 0 Å². The van der Waals surface area contributed by atoms with Crippen LogP contribution in [0.4, 0.5) is 0 Å². The smallest absolute Gasteiger partial charge is 0.243 e. The Hall–Kier alpha value is -2.26. The van der Waals surface area contributed by atoms with E-state index in [0.29, 0.717) is 43.4 Å². The molecule has 1 saturated carbocycles. The number of aromatic nitrogens is 3. The Morgan fingerprint density at radius 2 is 1.87 bits per heavy atom. The van der Waals surface area contributed by atoms with Gasteiger partial charge in [0.1, 0.15) is 6.33 Å². The highest BCUT2D eigenvalue weighted by molar-refractivity contribution is 7.89. The van der Waals surface area contributed by atoms with Gasteiger partial charge in [0.15, 0.2) is 5.82 Å². The van der Waals surface area contributed by atoms with E-state index in [1.54, 1.807) is 12.4 Å². The second-order valence-corrected chi connectivity index (χ2v) is 10.5. The van der Waals surface area contributed by atoms with E-state index in [1.807, 2.05) is 16.7 Å². The molecule has 160 valence electrons. The Bertz CT molecular complexity index is 1050. The van der Waals surface area contributed by atoms with E-state index >= 15 is 0 Å². The van der Waals surface area contributed by atoms with Crippen molar-refractivity contribution in [1.82, 2.24) is 24.4 Å². The predicted molar refractivity (Wildman–Crippen MR) is 110 cm³/mol. The molecule has 2 heterocycles. The first-order chi connectivity index (χ1) is 14.5. The van der Waals surface area contributed by atoms with E-state index in [2.05, 4.69) is 15.5 Å². The van der Waals surface area contributed by atoms with E-state index in [9.17, 15) is 13.2 Å². The lowest BCUT2D eigenvalue weighted by molar-refractivity contribution is -0.126. The molecule has 5 rings (SSSR count). The number of benzene rings is 1. The summed E-state index contributed by atoms with van der Waals surface area (Å²) in [6.07, 6.45) is 8.14. The third kappa shape index (κ3) is 3.76. The van der Waals surface area contributed by atoms with Gasteiger partial charge in [-0.25, -0.2) is 8.42 Å². The third-order valence-electron chi connectivity index (χ3n) is 6.54. The topological polar surface area (TPSA) is 97.2 Å². The van der Waals surface area contributed by atoms with E-state index in [1.165, 1.54) is 9.87 Å². The molecular weight excluding hydrogens is 402 g/mol. The first-order valence-electron chi connectivity index (χ1n) is 10.8. The molecule has 0 radical (unpaired) electrons. The predicted octanol–water partition coefficient (Wildman–Crippen LogP) is 1.82. The monoisotopic (exact) mass is 429 g/mol. The maximum Gasteiger partial charge on any atom is 0.243 e. The molecule has 1 saturated heterocycles. The number of hydrogen-bond donors (Lipinski definition) is 1. The number of aryl methyl sites for hydroxylation is 2. The van der Waals surface area contributed by atoms with Crippen LogP contribution in [0.15, 0.2) is 29.4 Å². The fourth-order valence-corrected chi connectivity index (χ4v) is 6.10. The quantitative estimate of drug-likeness (QED) is 0.755. The van der Waals surface area contributed by atoms with E-state index in [-0.39, 0.29) is 11.8 Å². The molecule has 8 nitrogen and oxygen atoms in total. The van der Waals surface area contributed by atoms with Crippen molar-refractivity contribution in [3.05, 3.63) is 41.5 Å². The number of carbonyl (C=O) groups excluding carboxylic acids is 1. The van der Waals surface area contributed by atoms with Crippen molar-refractivity contribution in [2.24, 2.45) is 5.92 Å². The molecule has 9 heteroatoms. The Balaban J connectivity index is 1.17. The van der Waals surface area contributed by atoms with Gasteiger partial charge in [0.05, 0.1) is 11.4 Å². The number of rotatable bonds is 6. The van der Waals surface area contributed by atoms with Crippen LogP contribution in [0, 0.1) is 5.92 Å². The molecule has 0 bridgehead atoms. The number of hydrogen-bond acceptors (Lipinski definition) is 5. The SMILES string of the molecule is O=C(NCc1nncn1C1CC1)C1CCN(S(=O)(=O)c2ccc3c(c2)CCC3)CC1. The fraction of sp³-hybridized carbons (Fsp3) is 0.571. The molecule has 0 spiro atoms. The van der Waals surface area contributed by atoms with Gasteiger partial charge in [0, 0.05) is 25.0 Å². The molecule has 0 atom stereocenters. The summed E-state index contributed by atoms with van der Waals surface area (Å²) < 4.78 is 29.7. The summed E-state index contributed by atoms with van der Waals surface area (Å²) in [6.45, 7) is 1.11. The second-order valence-electron chi connectivity index (χ2n) is 8.57. The number of amides is 1. The summed E-state index contributed by atoms with van der Waals surface area (Å²) in [5, 5.41) is 11.0. The molecule has 1 aliphatic heterocycles. The van der Waals surface area contributed by atoms with Gasteiger partial charge in [-0.3, -0.25) is 4.79 Å². The average molecular weight is 430 g/mol. The summed E-state index contributed by atoms with van der Waals surface area (Å²) in [6, 6.07) is 6.00. The second kappa shape index (κ2) is 7.77. The van der Waals surface area contributed by atoms with Crippen molar-refractivity contribution < 1.29 is 13.2 Å². The van der Waals surface area contributed by atoms with Crippen LogP contribution in [0.5, 0.6) is 0 Å². The highest BCUT2D eigenvalue weighted by Gasteiger charge is 2.33. The maximum absolute atomic E-state index is 13.1. The van der Waals surface area contributed by atoms with Gasteiger partial charge < -0.3 is 9.88 Å². The Kier molecular flexibility index (Phi) is 5.10. The van der Waals surface area contributed by atoms with Crippen LogP contribution >= 0.6 is 0 Å². The van der Waals surface area contributed by atoms with Crippen molar-refractivity contribution in [2.45, 2.75) is 62.4 Å². The average Bonchev–Trinajstić information content (AvgIpc) is 3.31. The molecule has 2 aromatic rings. The molecule has 0 unspecified atom stereocenters. The number of carbonyl (C=O) groups is 1. The minimum absolute atomic E-state index is 0.0325. The highest BCUT2D eigenvalue weighted by atomic mass is 32.2. The zero-order valence-electron chi connectivity index (χ0n) is 17.0. The van der Waals surface area contributed by atoms with Crippen molar-refractivity contribution in [3.63, 3.8) is 0 Å². The number of nitrogens with one attached hydrogen (secondary N) is 1. The van der Waals surface area contributed by atoms with Gasteiger partial charge in [-0.2, -0.15) is 4.31 Å². The van der Waals surface area contributed by atoms with Gasteiger partial charge in [-0.05, 0) is 68.2 Å². The van der Waals surface area contributed by atoms with Crippen molar-refractivity contribution in [1.29, 1.82) is 0 Å². The Labute approximate surface area is 176 Å². The van der Waals surface area contributed by atoms with Crippen LogP contribution < -0.4 is 5.32 Å². The molecule has 2 aliphatic carbocycles. The minimum atomic E-state index is -3.51. The first-order valence-corrected chi connectivity index (χ1v) is 12.2. The van der Waals surface area contributed by atoms with Crippen LogP contribution in [0.3, 0.4) is 0 Å². The largest absolute Gasteiger partial charge is 0.349 e. The zero-order valence-corrected chi connectivity index (χ0v) is 17.8. The third-order valence-corrected chi connectivity index (χ3v) is 8.44. The highest BCUT2D eigenvalue weighted by Crippen LogP contribution is 2.35. The molecule has 1 amide bonds. The fourth-order valence-electron chi connectivity index (χ4n) is 4.58. The summed E-state index contributed by atoms with van der Waals surface area (Å²) >= 11 is 0. The molecule has 30 heavy (non-hydrogen) atoms. The first kappa shape index (κ1) is 19.7. The molecule has 1 aromatic heterocycles. The molecule has 1 aromatic carbocycles. The van der Waals surface area contributed by atoms with Gasteiger partial charge in [0.25, 0.3) is 0 Å². The summed E-state index contributed by atoms with van der Waals surface area (Å²) in [7, 11) is -3.51.